The fourth-order valence-corrected chi connectivity index (χ4v) is 3.64. The van der Waals surface area contributed by atoms with Crippen LogP contribution < -0.4 is 10.9 Å². The van der Waals surface area contributed by atoms with Crippen LogP contribution in [-0.2, 0) is 6.54 Å². The Morgan fingerprint density at radius 1 is 0.906 bits per heavy atom. The molecule has 0 spiro atoms. The van der Waals surface area contributed by atoms with Gasteiger partial charge in [-0.05, 0) is 42.0 Å². The number of nitrogens with zero attached hydrogens (tertiary/aromatic N) is 2. The van der Waals surface area contributed by atoms with E-state index in [1.807, 2.05) is 48.5 Å². The Labute approximate surface area is 183 Å². The first-order chi connectivity index (χ1) is 15.7. The van der Waals surface area contributed by atoms with E-state index in [0.29, 0.717) is 28.8 Å². The van der Waals surface area contributed by atoms with Crippen LogP contribution >= 0.6 is 0 Å². The molecule has 5 rings (SSSR count). The predicted molar refractivity (Wildman–Crippen MR) is 124 cm³/mol. The van der Waals surface area contributed by atoms with Gasteiger partial charge in [0.05, 0.1) is 6.54 Å². The Bertz CT molecular complexity index is 1450. The maximum absolute atomic E-state index is 13.0. The van der Waals surface area contributed by atoms with Crippen molar-refractivity contribution >= 4 is 22.4 Å². The molecule has 6 heteroatoms. The number of anilines is 1. The van der Waals surface area contributed by atoms with Crippen LogP contribution in [-0.4, -0.2) is 15.5 Å². The minimum atomic E-state index is -0.376. The van der Waals surface area contributed by atoms with Gasteiger partial charge in [-0.25, -0.2) is 0 Å². The lowest BCUT2D eigenvalue weighted by Gasteiger charge is -2.11. The van der Waals surface area contributed by atoms with Crippen molar-refractivity contribution in [2.75, 3.05) is 5.32 Å². The average molecular weight is 421 g/mol. The van der Waals surface area contributed by atoms with E-state index < -0.39 is 0 Å². The number of pyridine rings is 2. The number of nitrogens with one attached hydrogen (secondary N) is 1. The van der Waals surface area contributed by atoms with Crippen LogP contribution in [0.5, 0.6) is 0 Å². The van der Waals surface area contributed by atoms with Gasteiger partial charge in [-0.15, -0.1) is 0 Å². The van der Waals surface area contributed by atoms with Gasteiger partial charge >= 0.3 is 0 Å². The molecular formula is C26H19N3O3. The average Bonchev–Trinajstić information content (AvgIpc) is 3.33. The number of benzene rings is 2. The summed E-state index contributed by atoms with van der Waals surface area (Å²) in [4.78, 5) is 29.9. The van der Waals surface area contributed by atoms with E-state index in [-0.39, 0.29) is 17.2 Å². The first kappa shape index (κ1) is 19.5. The van der Waals surface area contributed by atoms with Crippen molar-refractivity contribution in [1.82, 2.24) is 9.55 Å². The number of furan rings is 1. The molecule has 6 nitrogen and oxygen atoms in total. The number of amides is 1. The molecule has 2 aromatic carbocycles. The Morgan fingerprint density at radius 2 is 1.78 bits per heavy atom. The molecule has 1 N–H and O–H groups in total. The fraction of sp³-hybridized carbons (Fsp3) is 0.0385. The molecular weight excluding hydrogens is 402 g/mol. The number of carbonyl (C=O) groups excluding carboxylic acids is 1. The highest BCUT2D eigenvalue weighted by Gasteiger charge is 2.15. The second kappa shape index (κ2) is 8.35. The third kappa shape index (κ3) is 3.81. The monoisotopic (exact) mass is 421 g/mol. The third-order valence-corrected chi connectivity index (χ3v) is 5.23. The number of hydrogen-bond acceptors (Lipinski definition) is 4. The zero-order chi connectivity index (χ0) is 21.9. The van der Waals surface area contributed by atoms with Crippen molar-refractivity contribution < 1.29 is 9.21 Å². The lowest BCUT2D eigenvalue weighted by molar-refractivity contribution is 0.0997. The van der Waals surface area contributed by atoms with Gasteiger partial charge in [0.1, 0.15) is 5.76 Å². The molecule has 0 radical (unpaired) electrons. The first-order valence-electron chi connectivity index (χ1n) is 10.2. The number of rotatable bonds is 5. The Balaban J connectivity index is 1.42. The highest BCUT2D eigenvalue weighted by molar-refractivity contribution is 6.07. The predicted octanol–water partition coefficient (Wildman–Crippen LogP) is 4.96. The van der Waals surface area contributed by atoms with Crippen molar-refractivity contribution in [3.8, 4) is 11.3 Å². The van der Waals surface area contributed by atoms with Crippen molar-refractivity contribution in [2.45, 2.75) is 6.54 Å². The van der Waals surface area contributed by atoms with Crippen molar-refractivity contribution in [3.63, 3.8) is 0 Å². The van der Waals surface area contributed by atoms with Crippen LogP contribution in [0, 0.1) is 0 Å². The Hall–Kier alpha value is -4.45. The molecule has 3 heterocycles. The molecule has 0 saturated carbocycles. The van der Waals surface area contributed by atoms with E-state index in [9.17, 15) is 9.59 Å². The summed E-state index contributed by atoms with van der Waals surface area (Å²) in [5, 5.41) is 4.07. The summed E-state index contributed by atoms with van der Waals surface area (Å²) in [5.41, 5.74) is 2.25. The molecule has 156 valence electrons. The largest absolute Gasteiger partial charge is 0.451 e. The second-order valence-electron chi connectivity index (χ2n) is 7.36. The highest BCUT2D eigenvalue weighted by atomic mass is 16.3. The lowest BCUT2D eigenvalue weighted by atomic mass is 10.1. The third-order valence-electron chi connectivity index (χ3n) is 5.23. The molecule has 0 unspecified atom stereocenters. The van der Waals surface area contributed by atoms with Gasteiger partial charge in [0.15, 0.2) is 5.76 Å². The maximum Gasteiger partial charge on any atom is 0.291 e. The Morgan fingerprint density at radius 3 is 2.59 bits per heavy atom. The molecule has 3 aromatic heterocycles. The number of carbonyl (C=O) groups is 1. The van der Waals surface area contributed by atoms with Crippen LogP contribution in [0.4, 0.5) is 5.69 Å². The summed E-state index contributed by atoms with van der Waals surface area (Å²) < 4.78 is 7.37. The summed E-state index contributed by atoms with van der Waals surface area (Å²) >= 11 is 0. The van der Waals surface area contributed by atoms with Crippen LogP contribution in [0.1, 0.15) is 16.1 Å². The van der Waals surface area contributed by atoms with Crippen molar-refractivity contribution in [3.05, 3.63) is 119 Å². The molecule has 32 heavy (non-hydrogen) atoms. The van der Waals surface area contributed by atoms with E-state index in [0.717, 1.165) is 11.1 Å². The molecule has 0 aliphatic heterocycles. The summed E-state index contributed by atoms with van der Waals surface area (Å²) in [6.07, 6.45) is 5.16. The summed E-state index contributed by atoms with van der Waals surface area (Å²) in [7, 11) is 0. The SMILES string of the molecule is O=C(Nc1cccc2c(=O)n(Cc3cccnc3)ccc12)c1ccc(-c2ccccc2)o1. The number of aromatic nitrogens is 2. The van der Waals surface area contributed by atoms with Crippen LogP contribution in [0.25, 0.3) is 22.1 Å². The van der Waals surface area contributed by atoms with Crippen LogP contribution in [0.3, 0.4) is 0 Å². The summed E-state index contributed by atoms with van der Waals surface area (Å²) in [6, 6.07) is 23.9. The van der Waals surface area contributed by atoms with Crippen molar-refractivity contribution in [2.24, 2.45) is 0 Å². The second-order valence-corrected chi connectivity index (χ2v) is 7.36. The maximum atomic E-state index is 13.0. The minimum Gasteiger partial charge on any atom is -0.451 e. The van der Waals surface area contributed by atoms with E-state index >= 15 is 0 Å². The summed E-state index contributed by atoms with van der Waals surface area (Å²) in [6.45, 7) is 0.424. The van der Waals surface area contributed by atoms with Gasteiger partial charge in [0.25, 0.3) is 11.5 Å². The zero-order valence-corrected chi connectivity index (χ0v) is 17.1. The van der Waals surface area contributed by atoms with Gasteiger partial charge in [0, 0.05) is 40.6 Å². The molecule has 5 aromatic rings. The number of fused-ring (bicyclic) bond motifs is 1. The molecule has 1 amide bonds. The van der Waals surface area contributed by atoms with E-state index in [4.69, 9.17) is 4.42 Å². The first-order valence-corrected chi connectivity index (χ1v) is 10.2. The fourth-order valence-electron chi connectivity index (χ4n) is 3.64. The van der Waals surface area contributed by atoms with Crippen molar-refractivity contribution in [1.29, 1.82) is 0 Å². The normalized spacial score (nSPS) is 10.9. The standard InChI is InChI=1S/C26H19N3O3/c30-25(24-12-11-23(32-24)19-7-2-1-3-8-19)28-22-10-4-9-21-20(22)13-15-29(26(21)31)17-18-6-5-14-27-16-18/h1-16H,17H2,(H,28,30). The van der Waals surface area contributed by atoms with Gasteiger partial charge in [0.2, 0.25) is 0 Å². The molecule has 0 atom stereocenters. The highest BCUT2D eigenvalue weighted by Crippen LogP contribution is 2.24. The minimum absolute atomic E-state index is 0.133. The zero-order valence-electron chi connectivity index (χ0n) is 17.1. The van der Waals surface area contributed by atoms with Gasteiger partial charge in [-0.1, -0.05) is 42.5 Å². The van der Waals surface area contributed by atoms with Gasteiger partial charge < -0.3 is 14.3 Å². The van der Waals surface area contributed by atoms with Crippen LogP contribution in [0.15, 0.2) is 107 Å². The topological polar surface area (TPSA) is 77.1 Å². The smallest absolute Gasteiger partial charge is 0.291 e. The molecule has 0 aliphatic rings. The van der Waals surface area contributed by atoms with Crippen LogP contribution in [0.2, 0.25) is 0 Å². The van der Waals surface area contributed by atoms with E-state index in [1.165, 1.54) is 0 Å². The Kier molecular flexibility index (Phi) is 5.09. The van der Waals surface area contributed by atoms with E-state index in [1.54, 1.807) is 53.5 Å². The molecule has 0 saturated heterocycles. The lowest BCUT2D eigenvalue weighted by Crippen LogP contribution is -2.20. The summed E-state index contributed by atoms with van der Waals surface area (Å²) in [5.74, 6) is 0.442. The van der Waals surface area contributed by atoms with Gasteiger partial charge in [-0.3, -0.25) is 14.6 Å². The quantitative estimate of drug-likeness (QED) is 0.435. The van der Waals surface area contributed by atoms with E-state index in [2.05, 4.69) is 10.3 Å². The number of hydrogen-bond donors (Lipinski definition) is 1. The molecule has 0 aliphatic carbocycles. The molecule has 0 bridgehead atoms. The van der Waals surface area contributed by atoms with Gasteiger partial charge in [-0.2, -0.15) is 0 Å². The molecule has 0 fully saturated rings.